The molecule has 0 rings (SSSR count). The Kier molecular flexibility index (Phi) is 65.0. The molecule has 0 saturated heterocycles. The summed E-state index contributed by atoms with van der Waals surface area (Å²) in [5.74, 6) is -0.167. The SMILES string of the molecule is CC(C)=O.CC(N)=O.CCNCC(C)O.CCNCC(C)O.I[I-]I.N. The number of amides is 1. The molecule has 0 spiro atoms. The molecule has 1 amide bonds. The van der Waals surface area contributed by atoms with E-state index in [4.69, 9.17) is 10.2 Å². The van der Waals surface area contributed by atoms with Crippen LogP contribution in [0.4, 0.5) is 0 Å². The van der Waals surface area contributed by atoms with Gasteiger partial charge >= 0.3 is 50.5 Å². The minimum Gasteiger partial charge on any atom is -0.344 e. The molecule has 0 heterocycles. The summed E-state index contributed by atoms with van der Waals surface area (Å²) < 4.78 is 0. The first-order valence-electron chi connectivity index (χ1n) is 7.80. The van der Waals surface area contributed by atoms with Crippen molar-refractivity contribution < 1.29 is 33.1 Å². The van der Waals surface area contributed by atoms with Crippen molar-refractivity contribution in [2.45, 2.75) is 60.7 Å². The Balaban J connectivity index is -0.0000000496. The first kappa shape index (κ1) is 41.5. The third kappa shape index (κ3) is 176. The van der Waals surface area contributed by atoms with E-state index in [2.05, 4.69) is 53.6 Å². The van der Waals surface area contributed by atoms with Crippen LogP contribution >= 0.6 is 37.2 Å². The second-order valence-corrected chi connectivity index (χ2v) is 21.1. The summed E-state index contributed by atoms with van der Waals surface area (Å²) >= 11 is 5.30. The van der Waals surface area contributed by atoms with Gasteiger partial charge in [0.25, 0.3) is 0 Å². The molecule has 8 nitrogen and oxygen atoms in total. The third-order valence-corrected chi connectivity index (χ3v) is 1.38. The average molecular weight is 721 g/mol. The van der Waals surface area contributed by atoms with E-state index in [1.165, 1.54) is 20.8 Å². The Hall–Kier alpha value is 1.13. The van der Waals surface area contributed by atoms with Crippen LogP contribution in [0.2, 0.25) is 0 Å². The first-order valence-corrected chi connectivity index (χ1v) is 20.4. The monoisotopic (exact) mass is 721 g/mol. The number of hydrogen-bond donors (Lipinski definition) is 6. The van der Waals surface area contributed by atoms with Gasteiger partial charge in [-0.15, -0.1) is 0 Å². The van der Waals surface area contributed by atoms with Gasteiger partial charge in [-0.2, -0.15) is 0 Å². The Morgan fingerprint density at radius 1 is 0.962 bits per heavy atom. The molecule has 0 aliphatic heterocycles. The molecule has 0 radical (unpaired) electrons. The smallest absolute Gasteiger partial charge is 0.344 e. The number of aliphatic hydroxyl groups excluding tert-OH is 2. The van der Waals surface area contributed by atoms with E-state index in [1.807, 2.05) is 13.8 Å². The van der Waals surface area contributed by atoms with E-state index >= 15 is 0 Å². The van der Waals surface area contributed by atoms with Gasteiger partial charge in [-0.1, -0.05) is 13.8 Å². The molecular weight excluding hydrogens is 681 g/mol. The number of rotatable bonds is 6. The second kappa shape index (κ2) is 40.7. The van der Waals surface area contributed by atoms with E-state index in [9.17, 15) is 9.59 Å². The standard InChI is InChI=1S/2C5H13NO.C3H6O.C2H5NO.I3.H3N/c2*1-3-6-4-5(2)7;1-3(2)4;1-2(3)4;1-3-2;/h2*5-7H,3-4H2,1-2H3;1-2H3;1H3,(H2,3,4);;1H3/q;;;;-1;. The van der Waals surface area contributed by atoms with Crippen molar-refractivity contribution in [3.63, 3.8) is 0 Å². The molecule has 2 unspecified atom stereocenters. The number of hydrogen-bond acceptors (Lipinski definition) is 7. The minimum absolute atomic E-state index is 0. The van der Waals surface area contributed by atoms with Crippen LogP contribution in [-0.2, 0) is 9.59 Å². The summed E-state index contributed by atoms with van der Waals surface area (Å²) in [6.07, 6.45) is -0.417. The Morgan fingerprint density at radius 3 is 1.15 bits per heavy atom. The maximum Gasteiger partial charge on any atom is -0.344 e. The van der Waals surface area contributed by atoms with E-state index in [0.717, 1.165) is 13.1 Å². The largest absolute Gasteiger partial charge is 0.344 e. The van der Waals surface area contributed by atoms with E-state index in [-0.39, 0.29) is 30.0 Å². The van der Waals surface area contributed by atoms with Crippen molar-refractivity contribution in [1.29, 1.82) is 0 Å². The molecule has 0 saturated carbocycles. The predicted octanol–water partition coefficient (Wildman–Crippen LogP) is -1.02. The molecular formula is C15H40I3N4O4-. The third-order valence-electron chi connectivity index (χ3n) is 1.38. The molecule has 0 bridgehead atoms. The fourth-order valence-corrected chi connectivity index (χ4v) is 0.706. The summed E-state index contributed by atoms with van der Waals surface area (Å²) in [6, 6.07) is 0. The Labute approximate surface area is 189 Å². The molecule has 2 atom stereocenters. The molecule has 0 aromatic heterocycles. The topological polar surface area (TPSA) is 160 Å². The molecule has 0 aliphatic carbocycles. The predicted molar refractivity (Wildman–Crippen MR) is 125 cm³/mol. The van der Waals surface area contributed by atoms with Crippen LogP contribution in [0.1, 0.15) is 48.5 Å². The number of carbonyl (C=O) groups excluding carboxylic acids is 2. The van der Waals surface area contributed by atoms with Crippen molar-refractivity contribution in [3.8, 4) is 0 Å². The molecule has 11 heteroatoms. The number of aliphatic hydroxyl groups is 2. The van der Waals surface area contributed by atoms with Crippen molar-refractivity contribution in [1.82, 2.24) is 16.8 Å². The van der Waals surface area contributed by atoms with Gasteiger partial charge in [-0.25, -0.2) is 0 Å². The van der Waals surface area contributed by atoms with Crippen LogP contribution in [0.25, 0.3) is 0 Å². The van der Waals surface area contributed by atoms with Gasteiger partial charge in [0, 0.05) is 20.0 Å². The number of Topliss-reactive ketones (excluding diaryl/α,β-unsaturated/α-hetero) is 1. The minimum atomic E-state index is -0.333. The fraction of sp³-hybridized carbons (Fsp3) is 0.867. The maximum atomic E-state index is 9.44. The number of nitrogens with two attached hydrogens (primary N) is 1. The second-order valence-electron chi connectivity index (χ2n) is 4.89. The number of halogens is 3. The van der Waals surface area contributed by atoms with Crippen molar-refractivity contribution in [2.24, 2.45) is 5.73 Å². The van der Waals surface area contributed by atoms with Gasteiger partial charge in [0.15, 0.2) is 0 Å². The number of carbonyl (C=O) groups is 2. The van der Waals surface area contributed by atoms with Gasteiger partial charge in [-0.05, 0) is 40.8 Å². The number of nitrogens with one attached hydrogen (secondary N) is 2. The number of ketones is 1. The van der Waals surface area contributed by atoms with Gasteiger partial charge in [0.2, 0.25) is 5.91 Å². The summed E-state index contributed by atoms with van der Waals surface area (Å²) in [7, 11) is 0. The Bertz CT molecular complexity index is 231. The zero-order valence-corrected chi connectivity index (χ0v) is 23.6. The fourth-order valence-electron chi connectivity index (χ4n) is 0.706. The number of likely N-dealkylation sites (N-methyl/N-ethyl adjacent to an activating group) is 2. The summed E-state index contributed by atoms with van der Waals surface area (Å²) in [4.78, 5) is 18.7. The van der Waals surface area contributed by atoms with Crippen LogP contribution in [0.3, 0.4) is 0 Å². The van der Waals surface area contributed by atoms with Crippen LogP contribution in [0, 0.1) is 0 Å². The van der Waals surface area contributed by atoms with Crippen molar-refractivity contribution >= 4 is 48.9 Å². The van der Waals surface area contributed by atoms with Gasteiger partial charge in [0.05, 0.1) is 12.2 Å². The van der Waals surface area contributed by atoms with Gasteiger partial charge in [-0.3, -0.25) is 4.79 Å². The van der Waals surface area contributed by atoms with E-state index < -0.39 is 0 Å². The first-order chi connectivity index (χ1) is 11.4. The van der Waals surface area contributed by atoms with Crippen molar-refractivity contribution in [3.05, 3.63) is 0 Å². The molecule has 0 fully saturated rings. The molecule has 166 valence electrons. The summed E-state index contributed by atoms with van der Waals surface area (Å²) in [5.41, 5.74) is 4.47. The zero-order valence-electron chi connectivity index (χ0n) is 17.1. The van der Waals surface area contributed by atoms with Crippen molar-refractivity contribution in [2.75, 3.05) is 26.2 Å². The maximum absolute atomic E-state index is 9.44. The molecule has 0 aromatic rings. The number of primary amides is 1. The van der Waals surface area contributed by atoms with E-state index in [1.54, 1.807) is 13.8 Å². The molecule has 26 heavy (non-hydrogen) atoms. The van der Waals surface area contributed by atoms with Crippen LogP contribution < -0.4 is 35.8 Å². The van der Waals surface area contributed by atoms with Gasteiger partial charge < -0.3 is 37.5 Å². The van der Waals surface area contributed by atoms with Crippen LogP contribution in [-0.4, -0.2) is 60.3 Å². The molecule has 0 aliphatic rings. The average Bonchev–Trinajstić information content (AvgIpc) is 2.43. The summed E-state index contributed by atoms with van der Waals surface area (Å²) in [6.45, 7) is 15.2. The Morgan fingerprint density at radius 2 is 1.12 bits per heavy atom. The normalized spacial score (nSPS) is 10.4. The molecule has 0 aromatic carbocycles. The summed E-state index contributed by atoms with van der Waals surface area (Å²) in [5, 5.41) is 23.2. The van der Waals surface area contributed by atoms with Gasteiger partial charge in [0.1, 0.15) is 5.78 Å². The molecule has 9 N–H and O–H groups in total. The van der Waals surface area contributed by atoms with Crippen LogP contribution in [0.5, 0.6) is 0 Å². The van der Waals surface area contributed by atoms with E-state index in [0.29, 0.717) is 26.3 Å². The quantitative estimate of drug-likeness (QED) is 0.192. The zero-order chi connectivity index (χ0) is 21.3. The van der Waals surface area contributed by atoms with Crippen LogP contribution in [0.15, 0.2) is 0 Å².